The van der Waals surface area contributed by atoms with Gasteiger partial charge in [-0.25, -0.2) is 0 Å². The summed E-state index contributed by atoms with van der Waals surface area (Å²) in [5.41, 5.74) is 4.44. The van der Waals surface area contributed by atoms with Gasteiger partial charge in [-0.1, -0.05) is 100 Å². The fourth-order valence-corrected chi connectivity index (χ4v) is 2.80. The maximum atomic E-state index is 2.31. The highest BCUT2D eigenvalue weighted by Crippen LogP contribution is 2.33. The highest BCUT2D eigenvalue weighted by atomic mass is 14.2. The van der Waals surface area contributed by atoms with E-state index in [0.717, 1.165) is 6.42 Å². The molecule has 0 heterocycles. The summed E-state index contributed by atoms with van der Waals surface area (Å²) in [6, 6.07) is 10.8. The third-order valence-electron chi connectivity index (χ3n) is 3.75. The van der Waals surface area contributed by atoms with Gasteiger partial charge in [-0.3, -0.25) is 0 Å². The predicted molar refractivity (Wildman–Crippen MR) is 100 cm³/mol. The summed E-state index contributed by atoms with van der Waals surface area (Å²) in [6.45, 7) is 8.00. The second-order valence-electron chi connectivity index (χ2n) is 4.99. The number of fused-ring (bicyclic) bond motifs is 1. The first-order chi connectivity index (χ1) is 10.9. The number of hydrogen-bond donors (Lipinski definition) is 0. The monoisotopic (exact) mass is 294 g/mol. The highest BCUT2D eigenvalue weighted by molar-refractivity contribution is 5.42. The van der Waals surface area contributed by atoms with Gasteiger partial charge in [-0.15, -0.1) is 0 Å². The van der Waals surface area contributed by atoms with Crippen LogP contribution < -0.4 is 0 Å². The van der Waals surface area contributed by atoms with Crippen LogP contribution in [0.2, 0.25) is 0 Å². The van der Waals surface area contributed by atoms with E-state index >= 15 is 0 Å². The molecule has 22 heavy (non-hydrogen) atoms. The number of rotatable bonds is 2. The topological polar surface area (TPSA) is 0 Å². The Morgan fingerprint density at radius 1 is 0.909 bits per heavy atom. The maximum Gasteiger partial charge on any atom is 0.00575 e. The van der Waals surface area contributed by atoms with E-state index in [1.807, 2.05) is 27.7 Å². The standard InChI is InChI=1S/C18H18.2C2H6/c1-3-8-15(9-4-1)14-17-12-7-11-16-10-5-2-6-13-18(16)17;2*1-2/h1-5,7-12,18H,6,13-14H2;2*1-2H3. The smallest absolute Gasteiger partial charge is 0.00575 e. The summed E-state index contributed by atoms with van der Waals surface area (Å²) in [6.07, 6.45) is 17.0. The van der Waals surface area contributed by atoms with Crippen LogP contribution >= 0.6 is 0 Å². The van der Waals surface area contributed by atoms with Gasteiger partial charge in [-0.05, 0) is 30.4 Å². The van der Waals surface area contributed by atoms with Crippen LogP contribution in [0.5, 0.6) is 0 Å². The molecule has 3 rings (SSSR count). The van der Waals surface area contributed by atoms with Crippen molar-refractivity contribution in [2.24, 2.45) is 5.92 Å². The zero-order valence-electron chi connectivity index (χ0n) is 14.5. The molecule has 0 amide bonds. The van der Waals surface area contributed by atoms with E-state index in [0.29, 0.717) is 5.92 Å². The quantitative estimate of drug-likeness (QED) is 0.571. The Morgan fingerprint density at radius 3 is 2.36 bits per heavy atom. The summed E-state index contributed by atoms with van der Waals surface area (Å²) in [5.74, 6) is 0.616. The van der Waals surface area contributed by atoms with Crippen LogP contribution in [0.1, 0.15) is 46.1 Å². The van der Waals surface area contributed by atoms with E-state index in [9.17, 15) is 0 Å². The molecule has 118 valence electrons. The van der Waals surface area contributed by atoms with Crippen molar-refractivity contribution in [2.45, 2.75) is 47.0 Å². The van der Waals surface area contributed by atoms with Crippen molar-refractivity contribution in [1.29, 1.82) is 0 Å². The lowest BCUT2D eigenvalue weighted by Crippen LogP contribution is -2.10. The predicted octanol–water partition coefficient (Wildman–Crippen LogP) is 6.67. The third-order valence-corrected chi connectivity index (χ3v) is 3.75. The first-order valence-electron chi connectivity index (χ1n) is 8.71. The summed E-state index contributed by atoms with van der Waals surface area (Å²) >= 11 is 0. The molecule has 1 atom stereocenters. The number of hydrogen-bond acceptors (Lipinski definition) is 0. The minimum atomic E-state index is 0.616. The first-order valence-corrected chi connectivity index (χ1v) is 8.71. The molecule has 0 aliphatic heterocycles. The van der Waals surface area contributed by atoms with Gasteiger partial charge in [0.05, 0.1) is 0 Å². The van der Waals surface area contributed by atoms with E-state index in [4.69, 9.17) is 0 Å². The second-order valence-corrected chi connectivity index (χ2v) is 4.99. The maximum absolute atomic E-state index is 2.31. The molecule has 0 fully saturated rings. The van der Waals surface area contributed by atoms with Crippen molar-refractivity contribution in [2.75, 3.05) is 0 Å². The second kappa shape index (κ2) is 10.8. The molecule has 0 N–H and O–H groups in total. The van der Waals surface area contributed by atoms with E-state index in [1.165, 1.54) is 24.0 Å². The minimum absolute atomic E-state index is 0.616. The van der Waals surface area contributed by atoms with Crippen LogP contribution in [0, 0.1) is 5.92 Å². The molecular weight excluding hydrogens is 264 g/mol. The van der Waals surface area contributed by atoms with Crippen molar-refractivity contribution >= 4 is 0 Å². The van der Waals surface area contributed by atoms with Gasteiger partial charge in [0.2, 0.25) is 0 Å². The van der Waals surface area contributed by atoms with E-state index < -0.39 is 0 Å². The van der Waals surface area contributed by atoms with Gasteiger partial charge in [0.15, 0.2) is 0 Å². The van der Waals surface area contributed by atoms with Crippen LogP contribution in [0.3, 0.4) is 0 Å². The fraction of sp³-hybridized carbons (Fsp3) is 0.364. The molecule has 1 unspecified atom stereocenters. The lowest BCUT2D eigenvalue weighted by molar-refractivity contribution is 0.645. The highest BCUT2D eigenvalue weighted by Gasteiger charge is 2.19. The number of allylic oxidation sites excluding steroid dienone is 8. The average molecular weight is 294 g/mol. The van der Waals surface area contributed by atoms with Gasteiger partial charge in [0.25, 0.3) is 0 Å². The molecule has 2 aliphatic carbocycles. The zero-order valence-corrected chi connectivity index (χ0v) is 14.5. The lowest BCUT2D eigenvalue weighted by Gasteiger charge is -2.23. The summed E-state index contributed by atoms with van der Waals surface area (Å²) in [5, 5.41) is 0. The molecule has 0 saturated carbocycles. The van der Waals surface area contributed by atoms with Gasteiger partial charge < -0.3 is 0 Å². The molecule has 0 heteroatoms. The van der Waals surface area contributed by atoms with Gasteiger partial charge in [0.1, 0.15) is 0 Å². The Labute approximate surface area is 137 Å². The third kappa shape index (κ3) is 5.18. The van der Waals surface area contributed by atoms with Crippen molar-refractivity contribution in [3.63, 3.8) is 0 Å². The van der Waals surface area contributed by atoms with E-state index in [2.05, 4.69) is 66.8 Å². The molecule has 0 aromatic heterocycles. The Kier molecular flexibility index (Phi) is 8.98. The largest absolute Gasteiger partial charge is 0.0845 e. The summed E-state index contributed by atoms with van der Waals surface area (Å²) < 4.78 is 0. The molecule has 2 aliphatic rings. The normalized spacial score (nSPS) is 18.5. The van der Waals surface area contributed by atoms with Crippen molar-refractivity contribution in [3.8, 4) is 0 Å². The Bertz CT molecular complexity index is 526. The zero-order chi connectivity index (χ0) is 16.2. The Balaban J connectivity index is 0.000000561. The SMILES string of the molecule is C1=CCCC2C(=C1)C=CC=C2Cc1ccccc1.CC.CC. The minimum Gasteiger partial charge on any atom is -0.0845 e. The average Bonchev–Trinajstić information content (AvgIpc) is 2.86. The van der Waals surface area contributed by atoms with Crippen molar-refractivity contribution < 1.29 is 0 Å². The van der Waals surface area contributed by atoms with E-state index in [-0.39, 0.29) is 0 Å². The lowest BCUT2D eigenvalue weighted by atomic mass is 9.81. The van der Waals surface area contributed by atoms with Crippen LogP contribution in [-0.2, 0) is 6.42 Å². The van der Waals surface area contributed by atoms with Crippen LogP contribution in [-0.4, -0.2) is 0 Å². The number of benzene rings is 1. The van der Waals surface area contributed by atoms with Gasteiger partial charge in [-0.2, -0.15) is 0 Å². The van der Waals surface area contributed by atoms with Crippen LogP contribution in [0.15, 0.2) is 77.9 Å². The van der Waals surface area contributed by atoms with Gasteiger partial charge >= 0.3 is 0 Å². The molecular formula is C22H30. The molecule has 0 spiro atoms. The van der Waals surface area contributed by atoms with Gasteiger partial charge in [0, 0.05) is 5.92 Å². The molecule has 0 bridgehead atoms. The molecule has 0 saturated heterocycles. The van der Waals surface area contributed by atoms with Crippen LogP contribution in [0.4, 0.5) is 0 Å². The van der Waals surface area contributed by atoms with Crippen molar-refractivity contribution in [1.82, 2.24) is 0 Å². The Morgan fingerprint density at radius 2 is 1.64 bits per heavy atom. The summed E-state index contributed by atoms with van der Waals surface area (Å²) in [4.78, 5) is 0. The van der Waals surface area contributed by atoms with E-state index in [1.54, 1.807) is 5.57 Å². The molecule has 1 aromatic rings. The van der Waals surface area contributed by atoms with Crippen molar-refractivity contribution in [3.05, 3.63) is 83.5 Å². The fourth-order valence-electron chi connectivity index (χ4n) is 2.80. The molecule has 0 radical (unpaired) electrons. The first kappa shape index (κ1) is 18.2. The summed E-state index contributed by atoms with van der Waals surface area (Å²) in [7, 11) is 0. The Hall–Kier alpha value is -1.82. The molecule has 0 nitrogen and oxygen atoms in total. The van der Waals surface area contributed by atoms with Crippen LogP contribution in [0.25, 0.3) is 0 Å². The molecule has 1 aromatic carbocycles.